The van der Waals surface area contributed by atoms with Crippen molar-refractivity contribution in [2.24, 2.45) is 11.1 Å². The van der Waals surface area contributed by atoms with Crippen LogP contribution in [0.25, 0.3) is 0 Å². The Morgan fingerprint density at radius 2 is 1.88 bits per heavy atom. The van der Waals surface area contributed by atoms with Crippen molar-refractivity contribution >= 4 is 34.8 Å². The van der Waals surface area contributed by atoms with Crippen molar-refractivity contribution in [3.8, 4) is 5.75 Å². The van der Waals surface area contributed by atoms with Crippen molar-refractivity contribution in [1.82, 2.24) is 0 Å². The molecule has 0 aliphatic carbocycles. The SMILES string of the molecule is COc1ccc(C2=NO[C@@H]3C(=O)N(c4ccc(F)c(Cl)c4)C(=O)[C@@H]23)cc1. The first kappa shape index (κ1) is 16.5. The summed E-state index contributed by atoms with van der Waals surface area (Å²) in [4.78, 5) is 31.7. The van der Waals surface area contributed by atoms with E-state index in [2.05, 4.69) is 5.16 Å². The monoisotopic (exact) mass is 374 g/mol. The van der Waals surface area contributed by atoms with Gasteiger partial charge in [-0.15, -0.1) is 0 Å². The topological polar surface area (TPSA) is 68.2 Å². The number of hydrogen-bond acceptors (Lipinski definition) is 5. The second-order valence-electron chi connectivity index (χ2n) is 5.82. The predicted molar refractivity (Wildman–Crippen MR) is 91.8 cm³/mol. The fourth-order valence-electron chi connectivity index (χ4n) is 3.06. The number of imide groups is 1. The maximum atomic E-state index is 13.4. The molecule has 0 unspecified atom stereocenters. The molecule has 6 nitrogen and oxygen atoms in total. The van der Waals surface area contributed by atoms with Gasteiger partial charge < -0.3 is 9.57 Å². The maximum absolute atomic E-state index is 13.4. The number of anilines is 1. The average Bonchev–Trinajstić information content (AvgIpc) is 3.18. The Hall–Kier alpha value is -2.93. The zero-order chi connectivity index (χ0) is 18.4. The Balaban J connectivity index is 1.68. The molecule has 8 heteroatoms. The number of fused-ring (bicyclic) bond motifs is 1. The van der Waals surface area contributed by atoms with E-state index in [1.165, 1.54) is 12.1 Å². The highest BCUT2D eigenvalue weighted by Gasteiger charge is 2.56. The van der Waals surface area contributed by atoms with Crippen molar-refractivity contribution in [3.63, 3.8) is 0 Å². The van der Waals surface area contributed by atoms with Crippen LogP contribution in [0.4, 0.5) is 10.1 Å². The fourth-order valence-corrected chi connectivity index (χ4v) is 3.23. The van der Waals surface area contributed by atoms with Gasteiger partial charge in [0, 0.05) is 5.56 Å². The highest BCUT2D eigenvalue weighted by molar-refractivity contribution is 6.34. The smallest absolute Gasteiger partial charge is 0.278 e. The second kappa shape index (κ2) is 6.10. The lowest BCUT2D eigenvalue weighted by Crippen LogP contribution is -2.33. The summed E-state index contributed by atoms with van der Waals surface area (Å²) in [5.41, 5.74) is 1.21. The first-order chi connectivity index (χ1) is 12.5. The largest absolute Gasteiger partial charge is 0.497 e. The molecule has 0 spiro atoms. The Labute approximate surface area is 152 Å². The zero-order valence-corrected chi connectivity index (χ0v) is 14.2. The molecule has 0 bridgehead atoms. The van der Waals surface area contributed by atoms with Gasteiger partial charge in [0.2, 0.25) is 12.0 Å². The molecule has 2 amide bonds. The van der Waals surface area contributed by atoms with Crippen LogP contribution in [0.3, 0.4) is 0 Å². The molecular formula is C18H12ClFN2O4. The first-order valence-corrected chi connectivity index (χ1v) is 8.10. The molecule has 0 aromatic heterocycles. The third kappa shape index (κ3) is 2.43. The first-order valence-electron chi connectivity index (χ1n) is 7.72. The van der Waals surface area contributed by atoms with Crippen molar-refractivity contribution in [3.05, 3.63) is 58.9 Å². The molecule has 132 valence electrons. The Morgan fingerprint density at radius 1 is 1.15 bits per heavy atom. The molecule has 2 aliphatic heterocycles. The highest BCUT2D eigenvalue weighted by atomic mass is 35.5. The van der Waals surface area contributed by atoms with Crippen LogP contribution in [0.2, 0.25) is 5.02 Å². The summed E-state index contributed by atoms with van der Waals surface area (Å²) < 4.78 is 18.5. The highest BCUT2D eigenvalue weighted by Crippen LogP contribution is 2.36. The van der Waals surface area contributed by atoms with Crippen LogP contribution in [-0.4, -0.2) is 30.7 Å². The van der Waals surface area contributed by atoms with Crippen LogP contribution in [0.15, 0.2) is 47.6 Å². The molecule has 2 aromatic carbocycles. The van der Waals surface area contributed by atoms with Crippen molar-refractivity contribution < 1.29 is 23.6 Å². The van der Waals surface area contributed by atoms with E-state index in [-0.39, 0.29) is 10.7 Å². The van der Waals surface area contributed by atoms with Gasteiger partial charge in [-0.25, -0.2) is 9.29 Å². The molecule has 2 heterocycles. The number of oxime groups is 1. The molecule has 0 N–H and O–H groups in total. The number of nitrogens with zero attached hydrogens (tertiary/aromatic N) is 2. The Kier molecular flexibility index (Phi) is 3.88. The third-order valence-corrected chi connectivity index (χ3v) is 4.65. The number of ether oxygens (including phenoxy) is 1. The number of hydrogen-bond donors (Lipinski definition) is 0. The van der Waals surface area contributed by atoms with Crippen LogP contribution in [0.5, 0.6) is 5.75 Å². The van der Waals surface area contributed by atoms with Gasteiger partial charge in [0.05, 0.1) is 17.8 Å². The molecule has 4 rings (SSSR count). The van der Waals surface area contributed by atoms with Crippen molar-refractivity contribution in [2.45, 2.75) is 6.10 Å². The van der Waals surface area contributed by atoms with Crippen LogP contribution in [0.1, 0.15) is 5.56 Å². The summed E-state index contributed by atoms with van der Waals surface area (Å²) in [6.07, 6.45) is -1.04. The number of amides is 2. The molecule has 0 radical (unpaired) electrons. The average molecular weight is 375 g/mol. The molecule has 0 saturated carbocycles. The number of carbonyl (C=O) groups excluding carboxylic acids is 2. The van der Waals surface area contributed by atoms with Gasteiger partial charge in [-0.1, -0.05) is 16.8 Å². The van der Waals surface area contributed by atoms with E-state index in [0.29, 0.717) is 17.0 Å². The van der Waals surface area contributed by atoms with Gasteiger partial charge in [-0.3, -0.25) is 9.59 Å². The molecule has 1 fully saturated rings. The van der Waals surface area contributed by atoms with E-state index < -0.39 is 29.7 Å². The Morgan fingerprint density at radius 3 is 2.54 bits per heavy atom. The van der Waals surface area contributed by atoms with Gasteiger partial charge in [-0.05, 0) is 42.5 Å². The van der Waals surface area contributed by atoms with Crippen molar-refractivity contribution in [2.75, 3.05) is 12.0 Å². The summed E-state index contributed by atoms with van der Waals surface area (Å²) in [6, 6.07) is 10.6. The van der Waals surface area contributed by atoms with Gasteiger partial charge >= 0.3 is 0 Å². The molecular weight excluding hydrogens is 363 g/mol. The normalized spacial score (nSPS) is 21.5. The summed E-state index contributed by atoms with van der Waals surface area (Å²) >= 11 is 5.77. The van der Waals surface area contributed by atoms with Crippen LogP contribution in [-0.2, 0) is 14.4 Å². The van der Waals surface area contributed by atoms with Crippen LogP contribution >= 0.6 is 11.6 Å². The number of halogens is 2. The summed E-state index contributed by atoms with van der Waals surface area (Å²) in [7, 11) is 1.55. The number of benzene rings is 2. The standard InChI is InChI=1S/C18H12ClFN2O4/c1-25-11-5-2-9(3-6-11)15-14-16(26-21-15)18(24)22(17(14)23)10-4-7-13(20)12(19)8-10/h2-8,14,16H,1H3/t14-,16-/m0/s1. The number of methoxy groups -OCH3 is 1. The van der Waals surface area contributed by atoms with Crippen molar-refractivity contribution in [1.29, 1.82) is 0 Å². The van der Waals surface area contributed by atoms with E-state index in [4.69, 9.17) is 21.2 Å². The fraction of sp³-hybridized carbons (Fsp3) is 0.167. The Bertz CT molecular complexity index is 945. The lowest BCUT2D eigenvalue weighted by Gasteiger charge is -2.15. The molecule has 2 aliphatic rings. The second-order valence-corrected chi connectivity index (χ2v) is 6.23. The number of carbonyl (C=O) groups is 2. The summed E-state index contributed by atoms with van der Waals surface area (Å²) in [5, 5.41) is 3.75. The number of rotatable bonds is 3. The third-order valence-electron chi connectivity index (χ3n) is 4.36. The van der Waals surface area contributed by atoms with E-state index in [0.717, 1.165) is 11.0 Å². The molecule has 26 heavy (non-hydrogen) atoms. The molecule has 2 atom stereocenters. The minimum atomic E-state index is -1.04. The lowest BCUT2D eigenvalue weighted by molar-refractivity contribution is -0.126. The van der Waals surface area contributed by atoms with Gasteiger partial charge in [0.15, 0.2) is 0 Å². The molecule has 1 saturated heterocycles. The lowest BCUT2D eigenvalue weighted by atomic mass is 9.94. The van der Waals surface area contributed by atoms with Gasteiger partial charge in [0.25, 0.3) is 5.91 Å². The van der Waals surface area contributed by atoms with E-state index in [9.17, 15) is 14.0 Å². The van der Waals surface area contributed by atoms with Gasteiger partial charge in [0.1, 0.15) is 23.2 Å². The van der Waals surface area contributed by atoms with E-state index in [1.54, 1.807) is 31.4 Å². The minimum absolute atomic E-state index is 0.176. The van der Waals surface area contributed by atoms with Crippen LogP contribution < -0.4 is 9.64 Å². The predicted octanol–water partition coefficient (Wildman–Crippen LogP) is 2.78. The quantitative estimate of drug-likeness (QED) is 0.775. The van der Waals surface area contributed by atoms with E-state index >= 15 is 0 Å². The van der Waals surface area contributed by atoms with Crippen LogP contribution in [0, 0.1) is 11.7 Å². The summed E-state index contributed by atoms with van der Waals surface area (Å²) in [6.45, 7) is 0. The van der Waals surface area contributed by atoms with E-state index in [1.807, 2.05) is 0 Å². The van der Waals surface area contributed by atoms with Gasteiger partial charge in [-0.2, -0.15) is 0 Å². The minimum Gasteiger partial charge on any atom is -0.497 e. The maximum Gasteiger partial charge on any atom is 0.278 e. The zero-order valence-electron chi connectivity index (χ0n) is 13.5. The summed E-state index contributed by atoms with van der Waals surface area (Å²) in [5.74, 6) is -1.89. The molecule has 2 aromatic rings.